The zero-order valence-corrected chi connectivity index (χ0v) is 11.7. The van der Waals surface area contributed by atoms with Gasteiger partial charge in [0.2, 0.25) is 0 Å². The molecule has 1 saturated heterocycles. The lowest BCUT2D eigenvalue weighted by Gasteiger charge is -2.51. The molecule has 2 aliphatic rings. The van der Waals surface area contributed by atoms with E-state index in [0.717, 1.165) is 32.5 Å². The molecule has 3 heteroatoms. The van der Waals surface area contributed by atoms with Gasteiger partial charge in [-0.3, -0.25) is 4.90 Å². The smallest absolute Gasteiger partial charge is 0.0595 e. The van der Waals surface area contributed by atoms with Crippen LogP contribution in [0.25, 0.3) is 0 Å². The largest absolute Gasteiger partial charge is 0.381 e. The molecule has 2 N–H and O–H groups in total. The van der Waals surface area contributed by atoms with Gasteiger partial charge in [0.25, 0.3) is 0 Å². The Morgan fingerprint density at radius 1 is 1.24 bits per heavy atom. The molecule has 0 spiro atoms. The van der Waals surface area contributed by atoms with E-state index in [4.69, 9.17) is 10.5 Å². The number of piperidine rings is 1. The quantitative estimate of drug-likeness (QED) is 0.820. The zero-order valence-electron chi connectivity index (χ0n) is 11.7. The molecule has 1 atom stereocenters. The summed E-state index contributed by atoms with van der Waals surface area (Å²) in [6, 6.07) is 0. The summed E-state index contributed by atoms with van der Waals surface area (Å²) in [5.74, 6) is 0. The van der Waals surface area contributed by atoms with E-state index in [-0.39, 0.29) is 5.54 Å². The van der Waals surface area contributed by atoms with E-state index < -0.39 is 0 Å². The highest BCUT2D eigenvalue weighted by Gasteiger charge is 2.51. The van der Waals surface area contributed by atoms with Crippen molar-refractivity contribution in [3.63, 3.8) is 0 Å². The molecule has 3 nitrogen and oxygen atoms in total. The Morgan fingerprint density at radius 2 is 1.88 bits per heavy atom. The van der Waals surface area contributed by atoms with Crippen molar-refractivity contribution in [3.8, 4) is 0 Å². The first-order valence-corrected chi connectivity index (χ1v) is 7.04. The van der Waals surface area contributed by atoms with Gasteiger partial charge in [0.15, 0.2) is 0 Å². The number of methoxy groups -OCH3 is 1. The Morgan fingerprint density at radius 3 is 2.29 bits per heavy atom. The van der Waals surface area contributed by atoms with Gasteiger partial charge in [0.1, 0.15) is 0 Å². The molecule has 0 amide bonds. The number of nitrogens with zero attached hydrogens (tertiary/aromatic N) is 1. The van der Waals surface area contributed by atoms with Crippen LogP contribution in [-0.4, -0.2) is 43.3 Å². The molecule has 0 aromatic carbocycles. The van der Waals surface area contributed by atoms with Gasteiger partial charge in [-0.15, -0.1) is 0 Å². The van der Waals surface area contributed by atoms with Crippen LogP contribution in [0, 0.1) is 5.41 Å². The minimum absolute atomic E-state index is 0.242. The third-order valence-electron chi connectivity index (χ3n) is 5.37. The van der Waals surface area contributed by atoms with Crippen LogP contribution in [0.2, 0.25) is 0 Å². The van der Waals surface area contributed by atoms with Crippen molar-refractivity contribution < 1.29 is 4.74 Å². The van der Waals surface area contributed by atoms with Crippen LogP contribution in [0.4, 0.5) is 0 Å². The maximum absolute atomic E-state index is 6.17. The van der Waals surface area contributed by atoms with Crippen LogP contribution in [0.15, 0.2) is 0 Å². The van der Waals surface area contributed by atoms with E-state index >= 15 is 0 Å². The van der Waals surface area contributed by atoms with Crippen LogP contribution in [0.3, 0.4) is 0 Å². The molecule has 1 heterocycles. The fourth-order valence-corrected chi connectivity index (χ4v) is 4.01. The second-order valence-corrected chi connectivity index (χ2v) is 6.40. The first-order chi connectivity index (χ1) is 8.05. The average Bonchev–Trinajstić information content (AvgIpc) is 2.65. The number of ether oxygens (including phenoxy) is 1. The van der Waals surface area contributed by atoms with Gasteiger partial charge in [0, 0.05) is 32.3 Å². The van der Waals surface area contributed by atoms with Crippen molar-refractivity contribution in [2.75, 3.05) is 26.7 Å². The van der Waals surface area contributed by atoms with Crippen LogP contribution in [0.1, 0.15) is 46.0 Å². The van der Waals surface area contributed by atoms with Gasteiger partial charge >= 0.3 is 0 Å². The lowest BCUT2D eigenvalue weighted by Crippen LogP contribution is -2.62. The maximum Gasteiger partial charge on any atom is 0.0595 e. The van der Waals surface area contributed by atoms with Gasteiger partial charge in [-0.25, -0.2) is 0 Å². The van der Waals surface area contributed by atoms with Gasteiger partial charge in [-0.1, -0.05) is 20.3 Å². The summed E-state index contributed by atoms with van der Waals surface area (Å²) in [6.07, 6.45) is 6.70. The summed E-state index contributed by atoms with van der Waals surface area (Å²) in [7, 11) is 1.83. The van der Waals surface area contributed by atoms with Crippen LogP contribution < -0.4 is 5.73 Å². The topological polar surface area (TPSA) is 38.5 Å². The molecule has 0 aromatic rings. The molecule has 1 unspecified atom stereocenters. The minimum atomic E-state index is 0.242. The summed E-state index contributed by atoms with van der Waals surface area (Å²) in [4.78, 5) is 2.66. The van der Waals surface area contributed by atoms with E-state index in [9.17, 15) is 0 Å². The van der Waals surface area contributed by atoms with E-state index in [2.05, 4.69) is 18.7 Å². The second-order valence-electron chi connectivity index (χ2n) is 6.40. The average molecular weight is 240 g/mol. The molecule has 17 heavy (non-hydrogen) atoms. The Hall–Kier alpha value is -0.120. The lowest BCUT2D eigenvalue weighted by molar-refractivity contribution is -0.0386. The Kier molecular flexibility index (Phi) is 3.81. The van der Waals surface area contributed by atoms with Gasteiger partial charge in [0.05, 0.1) is 6.10 Å². The third-order valence-corrected chi connectivity index (χ3v) is 5.37. The van der Waals surface area contributed by atoms with Crippen molar-refractivity contribution in [1.29, 1.82) is 0 Å². The highest BCUT2D eigenvalue weighted by atomic mass is 16.5. The van der Waals surface area contributed by atoms with E-state index in [1.807, 2.05) is 7.11 Å². The molecule has 0 bridgehead atoms. The lowest BCUT2D eigenvalue weighted by atomic mass is 9.73. The highest BCUT2D eigenvalue weighted by Crippen LogP contribution is 2.49. The molecule has 0 radical (unpaired) electrons. The van der Waals surface area contributed by atoms with E-state index in [1.165, 1.54) is 19.3 Å². The first-order valence-electron chi connectivity index (χ1n) is 7.04. The maximum atomic E-state index is 6.17. The molecule has 0 aromatic heterocycles. The standard InChI is InChI=1S/C14H28N2O/c1-13(2)7-4-8-14(13,11-15)16-9-5-12(17-3)6-10-16/h12H,4-11,15H2,1-3H3. The monoisotopic (exact) mass is 240 g/mol. The molecule has 1 aliphatic heterocycles. The van der Waals surface area contributed by atoms with E-state index in [1.54, 1.807) is 0 Å². The van der Waals surface area contributed by atoms with Crippen molar-refractivity contribution in [3.05, 3.63) is 0 Å². The minimum Gasteiger partial charge on any atom is -0.381 e. The second kappa shape index (κ2) is 4.87. The van der Waals surface area contributed by atoms with Crippen LogP contribution >= 0.6 is 0 Å². The Balaban J connectivity index is 2.09. The summed E-state index contributed by atoms with van der Waals surface area (Å²) in [5.41, 5.74) is 6.77. The molecule has 100 valence electrons. The summed E-state index contributed by atoms with van der Waals surface area (Å²) in [6.45, 7) is 7.90. The molecule has 2 fully saturated rings. The van der Waals surface area contributed by atoms with Crippen molar-refractivity contribution >= 4 is 0 Å². The Labute approximate surface area is 106 Å². The molecule has 2 rings (SSSR count). The summed E-state index contributed by atoms with van der Waals surface area (Å²) in [5, 5.41) is 0. The first kappa shape index (κ1) is 13.3. The number of rotatable bonds is 3. The SMILES string of the molecule is COC1CCN(C2(CN)CCCC2(C)C)CC1. The van der Waals surface area contributed by atoms with Crippen LogP contribution in [0.5, 0.6) is 0 Å². The fraction of sp³-hybridized carbons (Fsp3) is 1.00. The third kappa shape index (κ3) is 2.13. The summed E-state index contributed by atoms with van der Waals surface area (Å²) < 4.78 is 5.46. The fourth-order valence-electron chi connectivity index (χ4n) is 4.01. The zero-order chi connectivity index (χ0) is 12.5. The predicted molar refractivity (Wildman–Crippen MR) is 71.0 cm³/mol. The highest BCUT2D eigenvalue weighted by molar-refractivity contribution is 5.07. The Bertz CT molecular complexity index is 259. The van der Waals surface area contributed by atoms with E-state index in [0.29, 0.717) is 11.5 Å². The molecule has 1 aliphatic carbocycles. The van der Waals surface area contributed by atoms with Crippen LogP contribution in [-0.2, 0) is 4.74 Å². The summed E-state index contributed by atoms with van der Waals surface area (Å²) >= 11 is 0. The molecule has 1 saturated carbocycles. The molecular formula is C14H28N2O. The van der Waals surface area contributed by atoms with Gasteiger partial charge in [-0.2, -0.15) is 0 Å². The van der Waals surface area contributed by atoms with Crippen molar-refractivity contribution in [2.24, 2.45) is 11.1 Å². The molecular weight excluding hydrogens is 212 g/mol. The van der Waals surface area contributed by atoms with Gasteiger partial charge in [-0.05, 0) is 31.1 Å². The number of likely N-dealkylation sites (tertiary alicyclic amines) is 1. The van der Waals surface area contributed by atoms with Gasteiger partial charge < -0.3 is 10.5 Å². The van der Waals surface area contributed by atoms with Crippen molar-refractivity contribution in [1.82, 2.24) is 4.90 Å². The number of hydrogen-bond acceptors (Lipinski definition) is 3. The van der Waals surface area contributed by atoms with Crippen molar-refractivity contribution in [2.45, 2.75) is 57.6 Å². The number of hydrogen-bond donors (Lipinski definition) is 1. The predicted octanol–water partition coefficient (Wildman–Crippen LogP) is 2.00. The number of nitrogens with two attached hydrogens (primary N) is 1. The normalized spacial score (nSPS) is 35.3.